The van der Waals surface area contributed by atoms with Crippen molar-refractivity contribution in [3.8, 4) is 0 Å². The molecule has 1 aromatic heterocycles. The lowest BCUT2D eigenvalue weighted by molar-refractivity contribution is -0.121. The van der Waals surface area contributed by atoms with Crippen molar-refractivity contribution in [2.45, 2.75) is 44.9 Å². The van der Waals surface area contributed by atoms with Gasteiger partial charge in [0.1, 0.15) is 0 Å². The molecule has 0 spiro atoms. The fourth-order valence-corrected chi connectivity index (χ4v) is 3.24. The molecule has 4 heteroatoms. The molecule has 1 aromatic carbocycles. The van der Waals surface area contributed by atoms with Gasteiger partial charge in [0.05, 0.1) is 6.21 Å². The quantitative estimate of drug-likeness (QED) is 0.636. The maximum atomic E-state index is 11.8. The molecule has 1 fully saturated rings. The Labute approximate surface area is 131 Å². The van der Waals surface area contributed by atoms with Crippen LogP contribution in [0.2, 0.25) is 0 Å². The van der Waals surface area contributed by atoms with Crippen LogP contribution in [0, 0.1) is 5.92 Å². The Kier molecular flexibility index (Phi) is 4.88. The maximum absolute atomic E-state index is 11.8. The van der Waals surface area contributed by atoms with Crippen LogP contribution in [-0.2, 0) is 4.79 Å². The van der Waals surface area contributed by atoms with Crippen molar-refractivity contribution >= 4 is 23.0 Å². The van der Waals surface area contributed by atoms with Gasteiger partial charge in [0, 0.05) is 29.1 Å². The van der Waals surface area contributed by atoms with Crippen molar-refractivity contribution in [3.63, 3.8) is 0 Å². The van der Waals surface area contributed by atoms with E-state index < -0.39 is 0 Å². The summed E-state index contributed by atoms with van der Waals surface area (Å²) in [5.74, 6) is 0.749. The molecule has 0 atom stereocenters. The van der Waals surface area contributed by atoms with Crippen molar-refractivity contribution < 1.29 is 4.79 Å². The van der Waals surface area contributed by atoms with Crippen LogP contribution in [-0.4, -0.2) is 17.1 Å². The molecule has 1 amide bonds. The van der Waals surface area contributed by atoms with E-state index in [1.165, 1.54) is 32.1 Å². The van der Waals surface area contributed by atoms with Gasteiger partial charge in [-0.15, -0.1) is 0 Å². The number of aromatic nitrogens is 1. The molecule has 1 heterocycles. The van der Waals surface area contributed by atoms with E-state index in [4.69, 9.17) is 0 Å². The highest BCUT2D eigenvalue weighted by atomic mass is 16.2. The number of nitrogens with one attached hydrogen (secondary N) is 2. The minimum atomic E-state index is 0.0154. The Bertz CT molecular complexity index is 653. The van der Waals surface area contributed by atoms with Crippen molar-refractivity contribution in [1.29, 1.82) is 0 Å². The van der Waals surface area contributed by atoms with Crippen LogP contribution in [0.3, 0.4) is 0 Å². The largest absolute Gasteiger partial charge is 0.361 e. The Morgan fingerprint density at radius 3 is 2.95 bits per heavy atom. The van der Waals surface area contributed by atoms with Gasteiger partial charge < -0.3 is 4.98 Å². The van der Waals surface area contributed by atoms with Gasteiger partial charge in [0.25, 0.3) is 0 Å². The number of benzene rings is 1. The Balaban J connectivity index is 1.48. The number of hydrazone groups is 1. The first-order valence-electron chi connectivity index (χ1n) is 8.21. The van der Waals surface area contributed by atoms with E-state index in [1.807, 2.05) is 30.5 Å². The number of H-pyrrole nitrogens is 1. The summed E-state index contributed by atoms with van der Waals surface area (Å²) in [4.78, 5) is 15.0. The van der Waals surface area contributed by atoms with Gasteiger partial charge in [-0.3, -0.25) is 4.79 Å². The molecule has 0 radical (unpaired) electrons. The zero-order chi connectivity index (χ0) is 15.2. The molecule has 1 aliphatic rings. The molecular weight excluding hydrogens is 274 g/mol. The lowest BCUT2D eigenvalue weighted by atomic mass is 9.86. The normalized spacial score (nSPS) is 16.4. The minimum Gasteiger partial charge on any atom is -0.361 e. The smallest absolute Gasteiger partial charge is 0.240 e. The van der Waals surface area contributed by atoms with Gasteiger partial charge in [-0.25, -0.2) is 5.43 Å². The average Bonchev–Trinajstić information content (AvgIpc) is 2.97. The van der Waals surface area contributed by atoms with Gasteiger partial charge >= 0.3 is 0 Å². The van der Waals surface area contributed by atoms with E-state index in [-0.39, 0.29) is 5.91 Å². The second-order valence-electron chi connectivity index (χ2n) is 6.13. The number of para-hydroxylation sites is 1. The number of carbonyl (C=O) groups excluding carboxylic acids is 1. The molecule has 22 heavy (non-hydrogen) atoms. The molecular formula is C18H23N3O. The third kappa shape index (κ3) is 3.75. The highest BCUT2D eigenvalue weighted by Crippen LogP contribution is 2.27. The zero-order valence-corrected chi connectivity index (χ0v) is 12.8. The third-order valence-corrected chi connectivity index (χ3v) is 4.52. The van der Waals surface area contributed by atoms with E-state index >= 15 is 0 Å². The minimum absolute atomic E-state index is 0.0154. The fourth-order valence-electron chi connectivity index (χ4n) is 3.24. The number of rotatable bonds is 5. The number of amides is 1. The second kappa shape index (κ2) is 7.25. The van der Waals surface area contributed by atoms with Crippen LogP contribution in [0.25, 0.3) is 10.9 Å². The van der Waals surface area contributed by atoms with E-state index in [2.05, 4.69) is 15.5 Å². The summed E-state index contributed by atoms with van der Waals surface area (Å²) in [6.45, 7) is 0. The molecule has 0 saturated heterocycles. The highest BCUT2D eigenvalue weighted by Gasteiger charge is 2.14. The summed E-state index contributed by atoms with van der Waals surface area (Å²) in [7, 11) is 0. The number of aromatic amines is 1. The molecule has 0 unspecified atom stereocenters. The number of hydrogen-bond donors (Lipinski definition) is 2. The van der Waals surface area contributed by atoms with Crippen molar-refractivity contribution in [2.75, 3.05) is 0 Å². The van der Waals surface area contributed by atoms with Gasteiger partial charge in [-0.1, -0.05) is 50.3 Å². The summed E-state index contributed by atoms with van der Waals surface area (Å²) in [5.41, 5.74) is 4.71. The van der Waals surface area contributed by atoms with Crippen LogP contribution in [0.4, 0.5) is 0 Å². The van der Waals surface area contributed by atoms with Crippen LogP contribution >= 0.6 is 0 Å². The molecule has 116 valence electrons. The summed E-state index contributed by atoms with van der Waals surface area (Å²) in [5, 5.41) is 5.20. The van der Waals surface area contributed by atoms with Gasteiger partial charge in [0.15, 0.2) is 0 Å². The van der Waals surface area contributed by atoms with E-state index in [9.17, 15) is 4.79 Å². The SMILES string of the molecule is O=C(CCC1CCCCC1)N/N=C\c1c[nH]c2ccccc12. The molecule has 4 nitrogen and oxygen atoms in total. The average molecular weight is 297 g/mol. The lowest BCUT2D eigenvalue weighted by Crippen LogP contribution is -2.19. The Morgan fingerprint density at radius 2 is 2.09 bits per heavy atom. The first kappa shape index (κ1) is 14.8. The van der Waals surface area contributed by atoms with Gasteiger partial charge in [-0.2, -0.15) is 5.10 Å². The summed E-state index contributed by atoms with van der Waals surface area (Å²) >= 11 is 0. The molecule has 1 aliphatic carbocycles. The molecule has 2 aromatic rings. The molecule has 0 bridgehead atoms. The van der Waals surface area contributed by atoms with Crippen LogP contribution < -0.4 is 5.43 Å². The first-order chi connectivity index (χ1) is 10.8. The van der Waals surface area contributed by atoms with E-state index in [0.717, 1.165) is 28.8 Å². The molecule has 0 aliphatic heterocycles. The second-order valence-corrected chi connectivity index (χ2v) is 6.13. The highest BCUT2D eigenvalue weighted by molar-refractivity contribution is 5.99. The topological polar surface area (TPSA) is 57.2 Å². The van der Waals surface area contributed by atoms with Crippen LogP contribution in [0.1, 0.15) is 50.5 Å². The van der Waals surface area contributed by atoms with Crippen molar-refractivity contribution in [1.82, 2.24) is 10.4 Å². The van der Waals surface area contributed by atoms with Crippen molar-refractivity contribution in [2.24, 2.45) is 11.0 Å². The van der Waals surface area contributed by atoms with Gasteiger partial charge in [-0.05, 0) is 18.4 Å². The maximum Gasteiger partial charge on any atom is 0.240 e. The van der Waals surface area contributed by atoms with E-state index in [1.54, 1.807) is 6.21 Å². The zero-order valence-electron chi connectivity index (χ0n) is 12.8. The predicted octanol–water partition coefficient (Wildman–Crippen LogP) is 3.98. The Hall–Kier alpha value is -2.10. The van der Waals surface area contributed by atoms with Crippen LogP contribution in [0.15, 0.2) is 35.6 Å². The molecule has 3 rings (SSSR count). The summed E-state index contributed by atoms with van der Waals surface area (Å²) in [6, 6.07) is 8.05. The van der Waals surface area contributed by atoms with E-state index in [0.29, 0.717) is 6.42 Å². The molecule has 2 N–H and O–H groups in total. The Morgan fingerprint density at radius 1 is 1.27 bits per heavy atom. The first-order valence-corrected chi connectivity index (χ1v) is 8.21. The summed E-state index contributed by atoms with van der Waals surface area (Å²) in [6.07, 6.45) is 11.8. The number of hydrogen-bond acceptors (Lipinski definition) is 2. The molecule has 1 saturated carbocycles. The summed E-state index contributed by atoms with van der Waals surface area (Å²) < 4.78 is 0. The number of nitrogens with zero attached hydrogens (tertiary/aromatic N) is 1. The number of fused-ring (bicyclic) bond motifs is 1. The fraction of sp³-hybridized carbons (Fsp3) is 0.444. The number of carbonyl (C=O) groups is 1. The predicted molar refractivity (Wildman–Crippen MR) is 89.8 cm³/mol. The van der Waals surface area contributed by atoms with Gasteiger partial charge in [0.2, 0.25) is 5.91 Å². The monoisotopic (exact) mass is 297 g/mol. The lowest BCUT2D eigenvalue weighted by Gasteiger charge is -2.20. The standard InChI is InChI=1S/C18H23N3O/c22-18(11-10-14-6-2-1-3-7-14)21-20-13-15-12-19-17-9-5-4-8-16(15)17/h4-5,8-9,12-14,19H,1-3,6-7,10-11H2,(H,21,22)/b20-13-. The van der Waals surface area contributed by atoms with Crippen molar-refractivity contribution in [3.05, 3.63) is 36.0 Å². The van der Waals surface area contributed by atoms with Crippen LogP contribution in [0.5, 0.6) is 0 Å². The third-order valence-electron chi connectivity index (χ3n) is 4.52.